The maximum Gasteiger partial charge on any atom is 0.223 e. The zero-order chi connectivity index (χ0) is 14.1. The molecule has 2 saturated carbocycles. The number of carbonyl (C=O) groups is 1. The number of benzene rings is 1. The lowest BCUT2D eigenvalue weighted by atomic mass is 10.1. The highest BCUT2D eigenvalue weighted by molar-refractivity contribution is 5.82. The Hall–Kier alpha value is -1.42. The van der Waals surface area contributed by atoms with E-state index < -0.39 is 0 Å². The molecule has 2 N–H and O–H groups in total. The number of nitrogens with one attached hydrogen (secondary N) is 1. The van der Waals surface area contributed by atoms with Gasteiger partial charge in [0.15, 0.2) is 0 Å². The fourth-order valence-corrected chi connectivity index (χ4v) is 3.18. The van der Waals surface area contributed by atoms with Crippen molar-refractivity contribution >= 4 is 5.91 Å². The molecule has 0 radical (unpaired) electrons. The molecule has 3 nitrogen and oxygen atoms in total. The number of rotatable bonds is 4. The molecule has 108 valence electrons. The van der Waals surface area contributed by atoms with Gasteiger partial charge in [0.25, 0.3) is 0 Å². The quantitative estimate of drug-likeness (QED) is 0.886. The van der Waals surface area contributed by atoms with Crippen LogP contribution in [0.15, 0.2) is 24.3 Å². The molecule has 3 rings (SSSR count). The van der Waals surface area contributed by atoms with Gasteiger partial charge in [-0.05, 0) is 42.9 Å². The summed E-state index contributed by atoms with van der Waals surface area (Å²) in [5.74, 6) is 0.272. The SMILES string of the molecule is O=C(NCC1CCCC1O)C1CC1c1ccc(F)cc1. The van der Waals surface area contributed by atoms with Crippen LogP contribution >= 0.6 is 0 Å². The molecule has 20 heavy (non-hydrogen) atoms. The maximum absolute atomic E-state index is 12.9. The molecule has 2 fully saturated rings. The van der Waals surface area contributed by atoms with Crippen LogP contribution in [-0.4, -0.2) is 23.7 Å². The second-order valence-corrected chi connectivity index (χ2v) is 6.00. The smallest absolute Gasteiger partial charge is 0.223 e. The molecule has 4 heteroatoms. The number of halogens is 1. The number of hydrogen-bond donors (Lipinski definition) is 2. The average Bonchev–Trinajstić information content (AvgIpc) is 3.14. The lowest BCUT2D eigenvalue weighted by Crippen LogP contribution is -2.33. The Morgan fingerprint density at radius 1 is 1.30 bits per heavy atom. The third-order valence-electron chi connectivity index (χ3n) is 4.58. The Bertz CT molecular complexity index is 488. The van der Waals surface area contributed by atoms with E-state index in [9.17, 15) is 14.3 Å². The van der Waals surface area contributed by atoms with E-state index in [1.54, 1.807) is 12.1 Å². The Labute approximate surface area is 118 Å². The summed E-state index contributed by atoms with van der Waals surface area (Å²) in [5, 5.41) is 12.7. The number of hydrogen-bond acceptors (Lipinski definition) is 2. The molecule has 1 aromatic rings. The van der Waals surface area contributed by atoms with Crippen LogP contribution in [0.25, 0.3) is 0 Å². The number of aliphatic hydroxyl groups is 1. The van der Waals surface area contributed by atoms with Gasteiger partial charge in [0.05, 0.1) is 6.10 Å². The van der Waals surface area contributed by atoms with E-state index in [2.05, 4.69) is 5.32 Å². The van der Waals surface area contributed by atoms with E-state index in [0.29, 0.717) is 6.54 Å². The molecular formula is C16H20FNO2. The van der Waals surface area contributed by atoms with E-state index in [0.717, 1.165) is 31.2 Å². The van der Waals surface area contributed by atoms with Crippen molar-refractivity contribution in [3.05, 3.63) is 35.6 Å². The molecule has 2 aliphatic carbocycles. The van der Waals surface area contributed by atoms with Gasteiger partial charge in [0.1, 0.15) is 5.82 Å². The van der Waals surface area contributed by atoms with Crippen LogP contribution in [0.5, 0.6) is 0 Å². The number of carbonyl (C=O) groups excluding carboxylic acids is 1. The standard InChI is InChI=1S/C16H20FNO2/c17-12-6-4-10(5-7-12)13-8-14(13)16(20)18-9-11-2-1-3-15(11)19/h4-7,11,13-15,19H,1-3,8-9H2,(H,18,20). The van der Waals surface area contributed by atoms with Gasteiger partial charge in [-0.3, -0.25) is 4.79 Å². The summed E-state index contributed by atoms with van der Waals surface area (Å²) >= 11 is 0. The third kappa shape index (κ3) is 2.85. The summed E-state index contributed by atoms with van der Waals surface area (Å²) in [4.78, 5) is 12.1. The molecule has 1 aromatic carbocycles. The number of amides is 1. The van der Waals surface area contributed by atoms with Gasteiger partial charge in [-0.25, -0.2) is 4.39 Å². The molecule has 1 amide bonds. The molecular weight excluding hydrogens is 257 g/mol. The van der Waals surface area contributed by atoms with E-state index in [1.165, 1.54) is 12.1 Å². The van der Waals surface area contributed by atoms with Crippen molar-refractivity contribution in [3.63, 3.8) is 0 Å². The van der Waals surface area contributed by atoms with Crippen molar-refractivity contribution in [2.75, 3.05) is 6.54 Å². The molecule has 0 aliphatic heterocycles. The second-order valence-electron chi connectivity index (χ2n) is 6.00. The second kappa shape index (κ2) is 5.52. The van der Waals surface area contributed by atoms with Gasteiger partial charge < -0.3 is 10.4 Å². The predicted octanol–water partition coefficient (Wildman–Crippen LogP) is 2.21. The normalized spacial score (nSPS) is 32.1. The van der Waals surface area contributed by atoms with Gasteiger partial charge in [-0.2, -0.15) is 0 Å². The summed E-state index contributed by atoms with van der Waals surface area (Å²) in [7, 11) is 0. The fourth-order valence-electron chi connectivity index (χ4n) is 3.18. The zero-order valence-electron chi connectivity index (χ0n) is 11.4. The zero-order valence-corrected chi connectivity index (χ0v) is 11.4. The molecule has 4 unspecified atom stereocenters. The van der Waals surface area contributed by atoms with Gasteiger partial charge in [0.2, 0.25) is 5.91 Å². The topological polar surface area (TPSA) is 49.3 Å². The number of aliphatic hydroxyl groups excluding tert-OH is 1. The monoisotopic (exact) mass is 277 g/mol. The van der Waals surface area contributed by atoms with Crippen LogP contribution in [0.3, 0.4) is 0 Å². The Balaban J connectivity index is 1.49. The summed E-state index contributed by atoms with van der Waals surface area (Å²) in [6.07, 6.45) is 3.46. The van der Waals surface area contributed by atoms with Crippen LogP contribution < -0.4 is 5.32 Å². The summed E-state index contributed by atoms with van der Waals surface area (Å²) < 4.78 is 12.9. The third-order valence-corrected chi connectivity index (χ3v) is 4.58. The molecule has 0 bridgehead atoms. The van der Waals surface area contributed by atoms with Crippen LogP contribution in [-0.2, 0) is 4.79 Å². The highest BCUT2D eigenvalue weighted by Crippen LogP contribution is 2.47. The summed E-state index contributed by atoms with van der Waals surface area (Å²) in [6, 6.07) is 6.40. The minimum absolute atomic E-state index is 0.0130. The average molecular weight is 277 g/mol. The molecule has 0 heterocycles. The minimum atomic E-state index is -0.262. The Kier molecular flexibility index (Phi) is 3.74. The van der Waals surface area contributed by atoms with Gasteiger partial charge >= 0.3 is 0 Å². The first kappa shape index (κ1) is 13.6. The van der Waals surface area contributed by atoms with Crippen LogP contribution in [0.2, 0.25) is 0 Å². The maximum atomic E-state index is 12.9. The molecule has 2 aliphatic rings. The van der Waals surface area contributed by atoms with Gasteiger partial charge in [-0.1, -0.05) is 18.6 Å². The van der Waals surface area contributed by atoms with Crippen molar-refractivity contribution in [2.45, 2.75) is 37.7 Å². The Morgan fingerprint density at radius 2 is 2.05 bits per heavy atom. The highest BCUT2D eigenvalue weighted by atomic mass is 19.1. The van der Waals surface area contributed by atoms with Crippen LogP contribution in [0.1, 0.15) is 37.2 Å². The van der Waals surface area contributed by atoms with Crippen molar-refractivity contribution in [2.24, 2.45) is 11.8 Å². The first-order valence-corrected chi connectivity index (χ1v) is 7.36. The molecule has 4 atom stereocenters. The first-order valence-electron chi connectivity index (χ1n) is 7.36. The van der Waals surface area contributed by atoms with Crippen molar-refractivity contribution in [1.82, 2.24) is 5.32 Å². The van der Waals surface area contributed by atoms with Gasteiger partial charge in [-0.15, -0.1) is 0 Å². The lowest BCUT2D eigenvalue weighted by Gasteiger charge is -2.15. The summed E-state index contributed by atoms with van der Waals surface area (Å²) in [6.45, 7) is 0.576. The lowest BCUT2D eigenvalue weighted by molar-refractivity contribution is -0.122. The fraction of sp³-hybridized carbons (Fsp3) is 0.562. The Morgan fingerprint density at radius 3 is 2.70 bits per heavy atom. The van der Waals surface area contributed by atoms with E-state index in [1.807, 2.05) is 0 Å². The van der Waals surface area contributed by atoms with Crippen LogP contribution in [0, 0.1) is 17.7 Å². The van der Waals surface area contributed by atoms with Crippen molar-refractivity contribution in [1.29, 1.82) is 0 Å². The van der Waals surface area contributed by atoms with Crippen molar-refractivity contribution < 1.29 is 14.3 Å². The highest BCUT2D eigenvalue weighted by Gasteiger charge is 2.44. The minimum Gasteiger partial charge on any atom is -0.393 e. The molecule has 0 spiro atoms. The summed E-state index contributed by atoms with van der Waals surface area (Å²) in [5.41, 5.74) is 1.03. The van der Waals surface area contributed by atoms with E-state index in [-0.39, 0.29) is 35.6 Å². The van der Waals surface area contributed by atoms with E-state index in [4.69, 9.17) is 0 Å². The first-order chi connectivity index (χ1) is 9.65. The molecule has 0 saturated heterocycles. The largest absolute Gasteiger partial charge is 0.393 e. The van der Waals surface area contributed by atoms with Crippen molar-refractivity contribution in [3.8, 4) is 0 Å². The van der Waals surface area contributed by atoms with Crippen LogP contribution in [0.4, 0.5) is 4.39 Å². The van der Waals surface area contributed by atoms with E-state index >= 15 is 0 Å². The predicted molar refractivity (Wildman–Crippen MR) is 73.6 cm³/mol. The molecule has 0 aromatic heterocycles. The van der Waals surface area contributed by atoms with Gasteiger partial charge in [0, 0.05) is 18.4 Å².